The third-order valence-corrected chi connectivity index (χ3v) is 3.15. The van der Waals surface area contributed by atoms with Crippen LogP contribution < -0.4 is 4.74 Å². The first kappa shape index (κ1) is 13.9. The van der Waals surface area contributed by atoms with Crippen molar-refractivity contribution in [3.8, 4) is 5.75 Å². The second-order valence-corrected chi connectivity index (χ2v) is 5.04. The van der Waals surface area contributed by atoms with Crippen molar-refractivity contribution in [2.24, 2.45) is 0 Å². The molecular formula is C14H9F2IO2. The van der Waals surface area contributed by atoms with Crippen molar-refractivity contribution in [3.63, 3.8) is 0 Å². The van der Waals surface area contributed by atoms with Crippen LogP contribution in [0.25, 0.3) is 0 Å². The maximum atomic E-state index is 12.9. The minimum Gasteiger partial charge on any atom is -0.485 e. The van der Waals surface area contributed by atoms with E-state index in [1.807, 2.05) is 12.1 Å². The number of carbonyl (C=O) groups excluding carboxylic acids is 1. The van der Waals surface area contributed by atoms with E-state index in [9.17, 15) is 13.6 Å². The van der Waals surface area contributed by atoms with Crippen molar-refractivity contribution in [2.75, 3.05) is 6.61 Å². The molecule has 0 spiro atoms. The molecule has 2 nitrogen and oxygen atoms in total. The van der Waals surface area contributed by atoms with E-state index in [0.717, 1.165) is 15.7 Å². The molecule has 2 aromatic carbocycles. The molecule has 0 unspecified atom stereocenters. The molecule has 0 atom stereocenters. The summed E-state index contributed by atoms with van der Waals surface area (Å²) in [4.78, 5) is 11.8. The molecule has 0 aliphatic rings. The molecule has 0 fully saturated rings. The Morgan fingerprint density at radius 2 is 1.74 bits per heavy atom. The maximum absolute atomic E-state index is 12.9. The van der Waals surface area contributed by atoms with Gasteiger partial charge in [-0.25, -0.2) is 8.78 Å². The molecule has 0 saturated heterocycles. The predicted octanol–water partition coefficient (Wildman–Crippen LogP) is 3.83. The van der Waals surface area contributed by atoms with Gasteiger partial charge in [0.05, 0.1) is 0 Å². The van der Waals surface area contributed by atoms with Gasteiger partial charge in [0.25, 0.3) is 0 Å². The molecule has 0 aromatic heterocycles. The second kappa shape index (κ2) is 6.10. The van der Waals surface area contributed by atoms with Gasteiger partial charge in [-0.1, -0.05) is 12.1 Å². The SMILES string of the molecule is O=C(COc1ccc(F)c(F)c1)c1ccc(I)cc1. The van der Waals surface area contributed by atoms with Crippen LogP contribution in [0.1, 0.15) is 10.4 Å². The number of Topliss-reactive ketones (excluding diaryl/α,β-unsaturated/α-hetero) is 1. The van der Waals surface area contributed by atoms with Crippen LogP contribution in [0.5, 0.6) is 5.75 Å². The van der Waals surface area contributed by atoms with Gasteiger partial charge in [-0.3, -0.25) is 4.79 Å². The average molecular weight is 374 g/mol. The maximum Gasteiger partial charge on any atom is 0.200 e. The third-order valence-electron chi connectivity index (χ3n) is 2.43. The van der Waals surface area contributed by atoms with Crippen LogP contribution in [0.15, 0.2) is 42.5 Å². The Balaban J connectivity index is 2.00. The summed E-state index contributed by atoms with van der Waals surface area (Å²) < 4.78 is 31.8. The smallest absolute Gasteiger partial charge is 0.200 e. The number of hydrogen-bond acceptors (Lipinski definition) is 2. The van der Waals surface area contributed by atoms with E-state index in [1.54, 1.807) is 12.1 Å². The molecular weight excluding hydrogens is 365 g/mol. The summed E-state index contributed by atoms with van der Waals surface area (Å²) in [5, 5.41) is 0. The fraction of sp³-hybridized carbons (Fsp3) is 0.0714. The molecule has 0 aliphatic heterocycles. The van der Waals surface area contributed by atoms with Gasteiger partial charge in [0, 0.05) is 15.2 Å². The van der Waals surface area contributed by atoms with Crippen molar-refractivity contribution in [2.45, 2.75) is 0 Å². The number of halogens is 3. The van der Waals surface area contributed by atoms with Crippen LogP contribution >= 0.6 is 22.6 Å². The topological polar surface area (TPSA) is 26.3 Å². The first-order valence-corrected chi connectivity index (χ1v) is 6.51. The van der Waals surface area contributed by atoms with Crippen molar-refractivity contribution in [1.29, 1.82) is 0 Å². The molecule has 0 saturated carbocycles. The Labute approximate surface area is 122 Å². The predicted molar refractivity (Wildman–Crippen MR) is 75.3 cm³/mol. The zero-order valence-electron chi connectivity index (χ0n) is 9.70. The Kier molecular flexibility index (Phi) is 4.47. The normalized spacial score (nSPS) is 10.3. The van der Waals surface area contributed by atoms with Crippen LogP contribution in [-0.4, -0.2) is 12.4 Å². The summed E-state index contributed by atoms with van der Waals surface area (Å²) in [6, 6.07) is 10.2. The molecule has 0 bridgehead atoms. The van der Waals surface area contributed by atoms with Gasteiger partial charge in [0.1, 0.15) is 5.75 Å². The Morgan fingerprint density at radius 3 is 2.37 bits per heavy atom. The summed E-state index contributed by atoms with van der Waals surface area (Å²) in [5.41, 5.74) is 0.517. The van der Waals surface area contributed by atoms with E-state index < -0.39 is 11.6 Å². The quantitative estimate of drug-likeness (QED) is 0.601. The van der Waals surface area contributed by atoms with Gasteiger partial charge in [0.15, 0.2) is 24.0 Å². The molecule has 2 rings (SSSR count). The van der Waals surface area contributed by atoms with Gasteiger partial charge in [0.2, 0.25) is 0 Å². The molecule has 19 heavy (non-hydrogen) atoms. The van der Waals surface area contributed by atoms with Crippen LogP contribution in [0.3, 0.4) is 0 Å². The molecule has 0 amide bonds. The minimum atomic E-state index is -1.00. The van der Waals surface area contributed by atoms with Crippen molar-refractivity contribution < 1.29 is 18.3 Å². The van der Waals surface area contributed by atoms with Crippen LogP contribution in [-0.2, 0) is 0 Å². The number of ether oxygens (including phenoxy) is 1. The molecule has 98 valence electrons. The van der Waals surface area contributed by atoms with E-state index in [-0.39, 0.29) is 18.1 Å². The standard InChI is InChI=1S/C14H9F2IO2/c15-12-6-5-11(7-13(12)16)19-8-14(18)9-1-3-10(17)4-2-9/h1-7H,8H2. The monoisotopic (exact) mass is 374 g/mol. The molecule has 5 heteroatoms. The highest BCUT2D eigenvalue weighted by atomic mass is 127. The third kappa shape index (κ3) is 3.73. The Hall–Kier alpha value is -1.50. The Bertz CT molecular complexity index is 597. The van der Waals surface area contributed by atoms with Crippen LogP contribution in [0, 0.1) is 15.2 Å². The van der Waals surface area contributed by atoms with E-state index in [1.165, 1.54) is 6.07 Å². The molecule has 0 aliphatic carbocycles. The minimum absolute atomic E-state index is 0.123. The first-order valence-electron chi connectivity index (χ1n) is 5.43. The molecule has 2 aromatic rings. The summed E-state index contributed by atoms with van der Waals surface area (Å²) in [5.74, 6) is -2.05. The number of carbonyl (C=O) groups is 1. The van der Waals surface area contributed by atoms with E-state index >= 15 is 0 Å². The van der Waals surface area contributed by atoms with E-state index in [0.29, 0.717) is 5.56 Å². The van der Waals surface area contributed by atoms with Gasteiger partial charge in [-0.2, -0.15) is 0 Å². The highest BCUT2D eigenvalue weighted by molar-refractivity contribution is 14.1. The van der Waals surface area contributed by atoms with Gasteiger partial charge in [-0.05, 0) is 46.9 Å². The van der Waals surface area contributed by atoms with Crippen LogP contribution in [0.2, 0.25) is 0 Å². The summed E-state index contributed by atoms with van der Waals surface area (Å²) in [6.07, 6.45) is 0. The zero-order chi connectivity index (χ0) is 13.8. The Morgan fingerprint density at radius 1 is 1.05 bits per heavy atom. The largest absolute Gasteiger partial charge is 0.485 e. The first-order chi connectivity index (χ1) is 9.06. The van der Waals surface area contributed by atoms with Crippen LogP contribution in [0.4, 0.5) is 8.78 Å². The molecule has 0 heterocycles. The molecule has 0 radical (unpaired) electrons. The fourth-order valence-corrected chi connectivity index (χ4v) is 1.79. The highest BCUT2D eigenvalue weighted by Crippen LogP contribution is 2.16. The lowest BCUT2D eigenvalue weighted by Gasteiger charge is -2.06. The fourth-order valence-electron chi connectivity index (χ4n) is 1.43. The number of benzene rings is 2. The zero-order valence-corrected chi connectivity index (χ0v) is 11.9. The number of rotatable bonds is 4. The average Bonchev–Trinajstić information content (AvgIpc) is 2.40. The summed E-state index contributed by atoms with van der Waals surface area (Å²) >= 11 is 2.14. The van der Waals surface area contributed by atoms with Crippen molar-refractivity contribution in [1.82, 2.24) is 0 Å². The number of ketones is 1. The second-order valence-electron chi connectivity index (χ2n) is 3.79. The van der Waals surface area contributed by atoms with Gasteiger partial charge >= 0.3 is 0 Å². The van der Waals surface area contributed by atoms with Crippen molar-refractivity contribution >= 4 is 28.4 Å². The lowest BCUT2D eigenvalue weighted by Crippen LogP contribution is -2.11. The molecule has 0 N–H and O–H groups in total. The van der Waals surface area contributed by atoms with Crippen molar-refractivity contribution in [3.05, 3.63) is 63.2 Å². The summed E-state index contributed by atoms with van der Waals surface area (Å²) in [6.45, 7) is -0.217. The number of hydrogen-bond donors (Lipinski definition) is 0. The summed E-state index contributed by atoms with van der Waals surface area (Å²) in [7, 11) is 0. The lowest BCUT2D eigenvalue weighted by molar-refractivity contribution is 0.0921. The highest BCUT2D eigenvalue weighted by Gasteiger charge is 2.08. The van der Waals surface area contributed by atoms with E-state index in [2.05, 4.69) is 22.6 Å². The van der Waals surface area contributed by atoms with Gasteiger partial charge < -0.3 is 4.74 Å². The van der Waals surface area contributed by atoms with Gasteiger partial charge in [-0.15, -0.1) is 0 Å². The lowest BCUT2D eigenvalue weighted by atomic mass is 10.1. The van der Waals surface area contributed by atoms with E-state index in [4.69, 9.17) is 4.74 Å².